The van der Waals surface area contributed by atoms with Crippen molar-refractivity contribution in [2.45, 2.75) is 0 Å². The van der Waals surface area contributed by atoms with Crippen molar-refractivity contribution in [2.24, 2.45) is 0 Å². The Labute approximate surface area is 399 Å². The van der Waals surface area contributed by atoms with Crippen molar-refractivity contribution in [1.29, 1.82) is 0 Å². The maximum atomic E-state index is 5.50. The Morgan fingerprint density at radius 1 is 0.304 bits per heavy atom. The van der Waals surface area contributed by atoms with E-state index in [-0.39, 0.29) is 0 Å². The van der Waals surface area contributed by atoms with Gasteiger partial charge in [0.25, 0.3) is 0 Å². The van der Waals surface area contributed by atoms with Gasteiger partial charge in [0.05, 0.1) is 22.1 Å². The van der Waals surface area contributed by atoms with E-state index in [2.05, 4.69) is 215 Å². The number of hydrogen-bond acceptors (Lipinski definition) is 4. The first kappa shape index (κ1) is 38.2. The number of fused-ring (bicyclic) bond motifs is 16. The Balaban J connectivity index is 0.974. The zero-order chi connectivity index (χ0) is 45.2. The first-order valence-corrected chi connectivity index (χ1v) is 24.2. The predicted molar refractivity (Wildman–Crippen MR) is 290 cm³/mol. The molecule has 5 nitrogen and oxygen atoms in total. The van der Waals surface area contributed by atoms with Gasteiger partial charge in [-0.2, -0.15) is 9.97 Å². The van der Waals surface area contributed by atoms with Gasteiger partial charge >= 0.3 is 0 Å². The Morgan fingerprint density at radius 3 is 1.51 bits per heavy atom. The molecule has 0 spiro atoms. The summed E-state index contributed by atoms with van der Waals surface area (Å²) in [5.41, 5.74) is 9.63. The molecule has 0 aliphatic rings. The molecule has 6 heteroatoms. The van der Waals surface area contributed by atoms with Gasteiger partial charge in [-0.3, -0.25) is 4.57 Å². The van der Waals surface area contributed by atoms with Gasteiger partial charge in [0, 0.05) is 58.5 Å². The number of aromatic nitrogens is 5. The van der Waals surface area contributed by atoms with Gasteiger partial charge in [-0.25, -0.2) is 4.98 Å². The number of thiophene rings is 1. The minimum absolute atomic E-state index is 0.569. The molecule has 11 aromatic carbocycles. The topological polar surface area (TPSA) is 48.5 Å². The van der Waals surface area contributed by atoms with Gasteiger partial charge in [-0.1, -0.05) is 182 Å². The molecule has 0 bridgehead atoms. The first-order chi connectivity index (χ1) is 34.2. The Bertz CT molecular complexity index is 4560. The van der Waals surface area contributed by atoms with Crippen molar-refractivity contribution in [3.05, 3.63) is 224 Å². The average Bonchev–Trinajstić information content (AvgIpc) is 4.09. The van der Waals surface area contributed by atoms with Crippen LogP contribution in [0.3, 0.4) is 0 Å². The summed E-state index contributed by atoms with van der Waals surface area (Å²) in [4.78, 5) is 16.2. The highest BCUT2D eigenvalue weighted by molar-refractivity contribution is 7.26. The van der Waals surface area contributed by atoms with E-state index in [9.17, 15) is 0 Å². The summed E-state index contributed by atoms with van der Waals surface area (Å²) in [6.07, 6.45) is 0. The standard InChI is InChI=1S/C63H37N5S/c1-2-15-39(16-3-1)61-64-62(53-25-14-24-52-49-23-10-13-28-57(49)69-60(52)53)66-63(65-61)68-56-27-12-9-22-48(56)51-36-35-50-47-21-8-11-26-55(47)67(58(50)59(51)68)41-32-29-38(30-33-41)40-31-34-46-44-19-5-4-17-42(44)43-18-6-7-20-45(43)54(46)37-40/h1-37H. The van der Waals surface area contributed by atoms with Gasteiger partial charge in [-0.05, 0) is 85.9 Å². The summed E-state index contributed by atoms with van der Waals surface area (Å²) in [5.74, 6) is 1.83. The number of hydrogen-bond donors (Lipinski definition) is 0. The van der Waals surface area contributed by atoms with Crippen molar-refractivity contribution in [3.63, 3.8) is 0 Å². The highest BCUT2D eigenvalue weighted by Gasteiger charge is 2.24. The zero-order valence-corrected chi connectivity index (χ0v) is 37.8. The van der Waals surface area contributed by atoms with E-state index >= 15 is 0 Å². The highest BCUT2D eigenvalue weighted by atomic mass is 32.1. The van der Waals surface area contributed by atoms with Crippen molar-refractivity contribution >= 4 is 107 Å². The van der Waals surface area contributed by atoms with Crippen LogP contribution < -0.4 is 0 Å². The van der Waals surface area contributed by atoms with E-state index in [1.54, 1.807) is 11.3 Å². The van der Waals surface area contributed by atoms with E-state index in [0.717, 1.165) is 65.3 Å². The summed E-state index contributed by atoms with van der Waals surface area (Å²) in [5, 5.41) is 14.7. The van der Waals surface area contributed by atoms with E-state index in [4.69, 9.17) is 15.0 Å². The molecular formula is C63H37N5S. The van der Waals surface area contributed by atoms with E-state index in [1.165, 1.54) is 58.7 Å². The molecule has 4 heterocycles. The second kappa shape index (κ2) is 14.8. The minimum Gasteiger partial charge on any atom is -0.307 e. The molecule has 0 saturated carbocycles. The molecule has 0 atom stereocenters. The molecule has 69 heavy (non-hydrogen) atoms. The van der Waals surface area contributed by atoms with E-state index < -0.39 is 0 Å². The van der Waals surface area contributed by atoms with Crippen LogP contribution in [0, 0.1) is 0 Å². The van der Waals surface area contributed by atoms with Gasteiger partial charge < -0.3 is 4.57 Å². The summed E-state index contributed by atoms with van der Waals surface area (Å²) >= 11 is 1.79. The fourth-order valence-corrected chi connectivity index (χ4v) is 12.3. The Kier molecular flexibility index (Phi) is 8.17. The monoisotopic (exact) mass is 895 g/mol. The van der Waals surface area contributed by atoms with Crippen LogP contribution in [0.2, 0.25) is 0 Å². The fraction of sp³-hybridized carbons (Fsp3) is 0. The average molecular weight is 896 g/mol. The lowest BCUT2D eigenvalue weighted by Crippen LogP contribution is -2.07. The predicted octanol–water partition coefficient (Wildman–Crippen LogP) is 16.9. The molecule has 0 N–H and O–H groups in total. The molecule has 0 radical (unpaired) electrons. The number of rotatable bonds is 5. The van der Waals surface area contributed by atoms with Crippen molar-refractivity contribution in [3.8, 4) is 45.5 Å². The molecule has 0 saturated heterocycles. The first-order valence-electron chi connectivity index (χ1n) is 23.4. The van der Waals surface area contributed by atoms with E-state index in [0.29, 0.717) is 17.6 Å². The van der Waals surface area contributed by atoms with Gasteiger partial charge in [-0.15, -0.1) is 11.3 Å². The van der Waals surface area contributed by atoms with Crippen LogP contribution in [0.15, 0.2) is 224 Å². The number of para-hydroxylation sites is 2. The quantitative estimate of drug-likeness (QED) is 0.162. The summed E-state index contributed by atoms with van der Waals surface area (Å²) in [6.45, 7) is 0. The molecule has 0 aliphatic carbocycles. The Hall–Kier alpha value is -8.97. The normalized spacial score (nSPS) is 12.1. The van der Waals surface area contributed by atoms with Crippen LogP contribution >= 0.6 is 11.3 Å². The van der Waals surface area contributed by atoms with Crippen LogP contribution in [0.25, 0.3) is 142 Å². The largest absolute Gasteiger partial charge is 0.307 e. The molecule has 4 aromatic heterocycles. The van der Waals surface area contributed by atoms with Crippen LogP contribution in [0.1, 0.15) is 0 Å². The molecule has 0 amide bonds. The second-order valence-corrected chi connectivity index (χ2v) is 18.9. The van der Waals surface area contributed by atoms with Gasteiger partial charge in [0.2, 0.25) is 5.95 Å². The van der Waals surface area contributed by atoms with Crippen LogP contribution in [-0.4, -0.2) is 24.1 Å². The van der Waals surface area contributed by atoms with Crippen molar-refractivity contribution in [2.75, 3.05) is 0 Å². The molecule has 0 fully saturated rings. The third kappa shape index (κ3) is 5.67. The third-order valence-corrected chi connectivity index (χ3v) is 15.4. The van der Waals surface area contributed by atoms with Crippen LogP contribution in [-0.2, 0) is 0 Å². The fourth-order valence-electron chi connectivity index (χ4n) is 11.1. The van der Waals surface area contributed by atoms with E-state index in [1.807, 2.05) is 18.2 Å². The lowest BCUT2D eigenvalue weighted by atomic mass is 9.92. The highest BCUT2D eigenvalue weighted by Crippen LogP contribution is 2.44. The molecular weight excluding hydrogens is 859 g/mol. The molecule has 0 aliphatic heterocycles. The number of benzene rings is 11. The molecule has 0 unspecified atom stereocenters. The summed E-state index contributed by atoms with van der Waals surface area (Å²) in [7, 11) is 0. The zero-order valence-electron chi connectivity index (χ0n) is 37.0. The van der Waals surface area contributed by atoms with Gasteiger partial charge in [0.1, 0.15) is 0 Å². The minimum atomic E-state index is 0.569. The summed E-state index contributed by atoms with van der Waals surface area (Å²) in [6, 6.07) is 80.9. The maximum Gasteiger partial charge on any atom is 0.238 e. The second-order valence-electron chi connectivity index (χ2n) is 17.9. The van der Waals surface area contributed by atoms with Crippen LogP contribution in [0.5, 0.6) is 0 Å². The lowest BCUT2D eigenvalue weighted by Gasteiger charge is -2.14. The van der Waals surface area contributed by atoms with Crippen molar-refractivity contribution < 1.29 is 0 Å². The molecule has 320 valence electrons. The maximum absolute atomic E-state index is 5.50. The molecule has 15 rings (SSSR count). The van der Waals surface area contributed by atoms with Crippen molar-refractivity contribution in [1.82, 2.24) is 24.1 Å². The smallest absolute Gasteiger partial charge is 0.238 e. The summed E-state index contributed by atoms with van der Waals surface area (Å²) < 4.78 is 7.11. The van der Waals surface area contributed by atoms with Gasteiger partial charge in [0.15, 0.2) is 11.6 Å². The lowest BCUT2D eigenvalue weighted by molar-refractivity contribution is 0.954. The third-order valence-electron chi connectivity index (χ3n) is 14.2. The van der Waals surface area contributed by atoms with Crippen LogP contribution in [0.4, 0.5) is 0 Å². The SMILES string of the molecule is c1ccc(-c2nc(-c3cccc4c3sc3ccccc34)nc(-n3c4ccccc4c4ccc5c6ccccc6n(-c6ccc(-c7ccc8c9ccccc9c9ccccc9c8c7)cc6)c5c43)n2)cc1. The number of nitrogens with zero attached hydrogens (tertiary/aromatic N) is 5. The Morgan fingerprint density at radius 2 is 0.812 bits per heavy atom. The molecule has 15 aromatic rings.